The maximum Gasteiger partial charge on any atom is 0.235 e. The molecule has 1 aromatic carbocycles. The third kappa shape index (κ3) is 1.99. The van der Waals surface area contributed by atoms with Crippen molar-refractivity contribution in [2.75, 3.05) is 0 Å². The minimum Gasteiger partial charge on any atom is -0.461 e. The second-order valence-electron chi connectivity index (χ2n) is 6.33. The van der Waals surface area contributed by atoms with Crippen LogP contribution in [-0.2, 0) is 10.3 Å². The Hall–Kier alpha value is -2.03. The summed E-state index contributed by atoms with van der Waals surface area (Å²) in [7, 11) is 0. The maximum atomic E-state index is 11.1. The molecule has 4 rings (SSSR count). The number of aryl methyl sites for hydroxylation is 2. The highest BCUT2D eigenvalue weighted by Gasteiger charge is 2.40. The SMILES string of the molecule is Cc1cc2c(C3(N=C=O)CCCC3)c3oc(C)cc3c(Cl)c2o1. The first kappa shape index (κ1) is 14.6. The van der Waals surface area contributed by atoms with E-state index in [-0.39, 0.29) is 0 Å². The Kier molecular flexibility index (Phi) is 3.15. The van der Waals surface area contributed by atoms with Gasteiger partial charge in [0.1, 0.15) is 22.6 Å². The van der Waals surface area contributed by atoms with E-state index in [2.05, 4.69) is 4.99 Å². The number of carbonyl (C=O) groups excluding carboxylic acids is 1. The molecule has 0 amide bonds. The Labute approximate surface area is 138 Å². The minimum absolute atomic E-state index is 0.548. The molecule has 0 aliphatic heterocycles. The first-order chi connectivity index (χ1) is 11.1. The van der Waals surface area contributed by atoms with E-state index in [9.17, 15) is 4.79 Å². The van der Waals surface area contributed by atoms with Gasteiger partial charge in [0.05, 0.1) is 5.02 Å². The molecule has 2 aromatic heterocycles. The van der Waals surface area contributed by atoms with Crippen molar-refractivity contribution in [1.29, 1.82) is 0 Å². The van der Waals surface area contributed by atoms with Gasteiger partial charge in [-0.1, -0.05) is 24.4 Å². The van der Waals surface area contributed by atoms with Crippen molar-refractivity contribution >= 4 is 39.6 Å². The fraction of sp³-hybridized carbons (Fsp3) is 0.389. The summed E-state index contributed by atoms with van der Waals surface area (Å²) >= 11 is 6.54. The zero-order valence-corrected chi connectivity index (χ0v) is 13.8. The fourth-order valence-electron chi connectivity index (χ4n) is 3.90. The van der Waals surface area contributed by atoms with Crippen molar-refractivity contribution in [1.82, 2.24) is 0 Å². The lowest BCUT2D eigenvalue weighted by molar-refractivity contribution is 0.452. The van der Waals surface area contributed by atoms with Crippen molar-refractivity contribution in [3.05, 3.63) is 34.2 Å². The van der Waals surface area contributed by atoms with Crippen LogP contribution in [0.3, 0.4) is 0 Å². The zero-order valence-electron chi connectivity index (χ0n) is 13.0. The molecule has 1 aliphatic carbocycles. The van der Waals surface area contributed by atoms with E-state index >= 15 is 0 Å². The number of benzene rings is 1. The van der Waals surface area contributed by atoms with Crippen molar-refractivity contribution in [3.8, 4) is 0 Å². The Balaban J connectivity index is 2.22. The number of isocyanates is 1. The Bertz CT molecular complexity index is 912. The highest BCUT2D eigenvalue weighted by Crippen LogP contribution is 2.50. The molecule has 1 fully saturated rings. The van der Waals surface area contributed by atoms with Crippen LogP contribution in [0.2, 0.25) is 5.02 Å². The molecule has 1 saturated carbocycles. The van der Waals surface area contributed by atoms with Crippen molar-refractivity contribution in [2.45, 2.75) is 45.1 Å². The molecule has 0 unspecified atom stereocenters. The zero-order chi connectivity index (χ0) is 16.2. The second-order valence-corrected chi connectivity index (χ2v) is 6.71. The molecule has 2 heterocycles. The molecule has 0 spiro atoms. The largest absolute Gasteiger partial charge is 0.461 e. The molecular weight excluding hydrogens is 314 g/mol. The Morgan fingerprint density at radius 2 is 1.70 bits per heavy atom. The molecule has 0 N–H and O–H groups in total. The monoisotopic (exact) mass is 329 g/mol. The average Bonchev–Trinajstić information content (AvgIpc) is 3.19. The third-order valence-electron chi connectivity index (χ3n) is 4.80. The maximum absolute atomic E-state index is 11.1. The van der Waals surface area contributed by atoms with Crippen LogP contribution in [0.4, 0.5) is 0 Å². The van der Waals surface area contributed by atoms with E-state index in [4.69, 9.17) is 20.4 Å². The van der Waals surface area contributed by atoms with E-state index in [0.717, 1.165) is 53.5 Å². The molecule has 1 aliphatic rings. The Morgan fingerprint density at radius 3 is 2.35 bits per heavy atom. The van der Waals surface area contributed by atoms with Gasteiger partial charge in [0.25, 0.3) is 0 Å². The van der Waals surface area contributed by atoms with Gasteiger partial charge in [-0.25, -0.2) is 4.79 Å². The van der Waals surface area contributed by atoms with Crippen LogP contribution in [0, 0.1) is 13.8 Å². The highest BCUT2D eigenvalue weighted by molar-refractivity contribution is 6.40. The third-order valence-corrected chi connectivity index (χ3v) is 5.17. The van der Waals surface area contributed by atoms with Crippen LogP contribution in [0.15, 0.2) is 26.0 Å². The molecule has 0 radical (unpaired) electrons. The smallest absolute Gasteiger partial charge is 0.235 e. The number of hydrogen-bond acceptors (Lipinski definition) is 4. The number of fused-ring (bicyclic) bond motifs is 2. The lowest BCUT2D eigenvalue weighted by atomic mass is 9.85. The van der Waals surface area contributed by atoms with E-state index in [1.165, 1.54) is 0 Å². The molecule has 23 heavy (non-hydrogen) atoms. The molecule has 0 bridgehead atoms. The number of halogens is 1. The van der Waals surface area contributed by atoms with Gasteiger partial charge < -0.3 is 8.83 Å². The summed E-state index contributed by atoms with van der Waals surface area (Å²) in [6, 6.07) is 3.86. The van der Waals surface area contributed by atoms with Gasteiger partial charge in [0, 0.05) is 16.3 Å². The van der Waals surface area contributed by atoms with Crippen LogP contribution in [0.25, 0.3) is 21.9 Å². The average molecular weight is 330 g/mol. The lowest BCUT2D eigenvalue weighted by Crippen LogP contribution is -2.19. The second kappa shape index (κ2) is 4.98. The number of furan rings is 2. The summed E-state index contributed by atoms with van der Waals surface area (Å²) in [4.78, 5) is 15.3. The minimum atomic E-state index is -0.594. The first-order valence-corrected chi connectivity index (χ1v) is 8.15. The van der Waals surface area contributed by atoms with Crippen LogP contribution >= 0.6 is 11.6 Å². The van der Waals surface area contributed by atoms with Crippen LogP contribution in [-0.4, -0.2) is 6.08 Å². The normalized spacial score (nSPS) is 17.0. The summed E-state index contributed by atoms with van der Waals surface area (Å²) in [5.74, 6) is 1.55. The van der Waals surface area contributed by atoms with Gasteiger partial charge in [-0.3, -0.25) is 0 Å². The topological polar surface area (TPSA) is 55.7 Å². The predicted octanol–water partition coefficient (Wildman–Crippen LogP) is 5.55. The van der Waals surface area contributed by atoms with Gasteiger partial charge in [0.15, 0.2) is 5.58 Å². The standard InChI is InChI=1S/C18H16ClNO3/c1-10-7-12-14(18(20-9-21)5-3-4-6-18)16-13(8-11(2)22-16)15(19)17(12)23-10/h7-8H,3-6H2,1-2H3. The van der Waals surface area contributed by atoms with Gasteiger partial charge in [-0.2, -0.15) is 4.99 Å². The predicted molar refractivity (Wildman–Crippen MR) is 88.7 cm³/mol. The number of hydrogen-bond donors (Lipinski definition) is 0. The highest BCUT2D eigenvalue weighted by atomic mass is 35.5. The van der Waals surface area contributed by atoms with Gasteiger partial charge >= 0.3 is 0 Å². The van der Waals surface area contributed by atoms with Gasteiger partial charge in [-0.05, 0) is 38.8 Å². The fourth-order valence-corrected chi connectivity index (χ4v) is 4.18. The summed E-state index contributed by atoms with van der Waals surface area (Å²) in [5.41, 5.74) is 1.67. The molecule has 3 aromatic rings. The molecular formula is C18H16ClNO3. The van der Waals surface area contributed by atoms with Gasteiger partial charge in [0.2, 0.25) is 6.08 Å². The van der Waals surface area contributed by atoms with Crippen LogP contribution < -0.4 is 0 Å². The van der Waals surface area contributed by atoms with E-state index < -0.39 is 5.54 Å². The van der Waals surface area contributed by atoms with E-state index in [1.54, 1.807) is 6.08 Å². The molecule has 5 heteroatoms. The first-order valence-electron chi connectivity index (χ1n) is 7.77. The lowest BCUT2D eigenvalue weighted by Gasteiger charge is -2.24. The summed E-state index contributed by atoms with van der Waals surface area (Å²) in [5, 5.41) is 2.25. The van der Waals surface area contributed by atoms with Crippen molar-refractivity contribution in [3.63, 3.8) is 0 Å². The number of nitrogens with zero attached hydrogens (tertiary/aromatic N) is 1. The molecule has 0 atom stereocenters. The number of rotatable bonds is 2. The van der Waals surface area contributed by atoms with Crippen LogP contribution in [0.1, 0.15) is 42.8 Å². The summed E-state index contributed by atoms with van der Waals surface area (Å²) in [6.45, 7) is 3.77. The van der Waals surface area contributed by atoms with Gasteiger partial charge in [-0.15, -0.1) is 0 Å². The summed E-state index contributed by atoms with van der Waals surface area (Å²) < 4.78 is 11.8. The van der Waals surface area contributed by atoms with Crippen LogP contribution in [0.5, 0.6) is 0 Å². The van der Waals surface area contributed by atoms with E-state index in [0.29, 0.717) is 16.2 Å². The Morgan fingerprint density at radius 1 is 1.09 bits per heavy atom. The molecule has 4 nitrogen and oxygen atoms in total. The van der Waals surface area contributed by atoms with E-state index in [1.807, 2.05) is 26.0 Å². The van der Waals surface area contributed by atoms with Crippen molar-refractivity contribution < 1.29 is 13.6 Å². The molecule has 118 valence electrons. The molecule has 0 saturated heterocycles. The quantitative estimate of drug-likeness (QED) is 0.457. The van der Waals surface area contributed by atoms with Crippen molar-refractivity contribution in [2.24, 2.45) is 4.99 Å². The number of aliphatic imine (C=N–C) groups is 1. The summed E-state index contributed by atoms with van der Waals surface area (Å²) in [6.07, 6.45) is 5.43.